The third-order valence-electron chi connectivity index (χ3n) is 3.43. The zero-order chi connectivity index (χ0) is 13.9. The van der Waals surface area contributed by atoms with E-state index in [1.165, 1.54) is 0 Å². The number of hydrogen-bond donors (Lipinski definition) is 2. The van der Waals surface area contributed by atoms with Crippen LogP contribution in [-0.2, 0) is 16.1 Å². The van der Waals surface area contributed by atoms with Crippen molar-refractivity contribution in [3.63, 3.8) is 0 Å². The van der Waals surface area contributed by atoms with Crippen molar-refractivity contribution in [1.29, 1.82) is 0 Å². The third-order valence-corrected chi connectivity index (χ3v) is 3.43. The maximum atomic E-state index is 12.1. The van der Waals surface area contributed by atoms with Gasteiger partial charge in [-0.2, -0.15) is 0 Å². The number of rotatable bonds is 4. The number of carbonyl (C=O) groups excluding carboxylic acids is 2. The highest BCUT2D eigenvalue weighted by atomic mass is 16.5. The Balaban J connectivity index is 1.97. The molecule has 0 radical (unpaired) electrons. The smallest absolute Gasteiger partial charge is 0.248 e. The van der Waals surface area contributed by atoms with E-state index in [0.29, 0.717) is 25.3 Å². The van der Waals surface area contributed by atoms with Crippen LogP contribution >= 0.6 is 0 Å². The number of amides is 2. The minimum atomic E-state index is -0.468. The first-order valence-electron chi connectivity index (χ1n) is 6.26. The molecule has 1 aliphatic heterocycles. The van der Waals surface area contributed by atoms with Gasteiger partial charge in [-0.1, -0.05) is 12.1 Å². The lowest BCUT2D eigenvalue weighted by molar-refractivity contribution is -0.130. The average molecular weight is 262 g/mol. The van der Waals surface area contributed by atoms with Crippen molar-refractivity contribution in [3.8, 4) is 0 Å². The second-order valence-corrected chi connectivity index (χ2v) is 5.11. The Bertz CT molecular complexity index is 493. The van der Waals surface area contributed by atoms with Crippen LogP contribution in [0.4, 0.5) is 0 Å². The highest BCUT2D eigenvalue weighted by Gasteiger charge is 2.37. The average Bonchev–Trinajstić information content (AvgIpc) is 2.84. The number of nitrogens with one attached hydrogen (secondary N) is 1. The van der Waals surface area contributed by atoms with Crippen LogP contribution in [0.15, 0.2) is 24.3 Å². The molecular formula is C14H18N2O3. The highest BCUT2D eigenvalue weighted by molar-refractivity contribution is 5.92. The molecule has 1 fully saturated rings. The van der Waals surface area contributed by atoms with E-state index < -0.39 is 11.3 Å². The number of benzene rings is 1. The molecule has 1 aromatic rings. The molecule has 5 heteroatoms. The molecule has 19 heavy (non-hydrogen) atoms. The second kappa shape index (κ2) is 5.40. The summed E-state index contributed by atoms with van der Waals surface area (Å²) in [6.45, 7) is 3.37. The Morgan fingerprint density at radius 1 is 1.47 bits per heavy atom. The van der Waals surface area contributed by atoms with Crippen molar-refractivity contribution >= 4 is 11.8 Å². The zero-order valence-corrected chi connectivity index (χ0v) is 10.9. The Labute approximate surface area is 112 Å². The standard InChI is InChI=1S/C14H18N2O3/c1-14(5-6-19-9-14)13(18)16-8-10-3-2-4-11(7-10)12(15)17/h2-4,7H,5-6,8-9H2,1H3,(H2,15,17)(H,16,18). The van der Waals surface area contributed by atoms with E-state index in [4.69, 9.17) is 10.5 Å². The normalized spacial score (nSPS) is 22.2. The fourth-order valence-electron chi connectivity index (χ4n) is 2.08. The van der Waals surface area contributed by atoms with Gasteiger partial charge in [-0.05, 0) is 31.0 Å². The van der Waals surface area contributed by atoms with Crippen molar-refractivity contribution in [2.24, 2.45) is 11.1 Å². The molecule has 5 nitrogen and oxygen atoms in total. The molecule has 0 aromatic heterocycles. The lowest BCUT2D eigenvalue weighted by atomic mass is 9.89. The molecule has 1 heterocycles. The minimum Gasteiger partial charge on any atom is -0.380 e. The first-order valence-corrected chi connectivity index (χ1v) is 6.26. The van der Waals surface area contributed by atoms with Crippen molar-refractivity contribution in [2.75, 3.05) is 13.2 Å². The summed E-state index contributed by atoms with van der Waals surface area (Å²) in [4.78, 5) is 23.1. The molecule has 3 N–H and O–H groups in total. The molecule has 0 aliphatic carbocycles. The van der Waals surface area contributed by atoms with E-state index in [0.717, 1.165) is 12.0 Å². The number of hydrogen-bond acceptors (Lipinski definition) is 3. The number of ether oxygens (including phenoxy) is 1. The molecule has 1 atom stereocenters. The van der Waals surface area contributed by atoms with Crippen LogP contribution < -0.4 is 11.1 Å². The molecule has 0 saturated carbocycles. The summed E-state index contributed by atoms with van der Waals surface area (Å²) >= 11 is 0. The van der Waals surface area contributed by atoms with Gasteiger partial charge in [0.15, 0.2) is 0 Å². The fourth-order valence-corrected chi connectivity index (χ4v) is 2.08. The van der Waals surface area contributed by atoms with Gasteiger partial charge in [-0.3, -0.25) is 9.59 Å². The lowest BCUT2D eigenvalue weighted by Gasteiger charge is -2.20. The van der Waals surface area contributed by atoms with Crippen LogP contribution in [0.5, 0.6) is 0 Å². The van der Waals surface area contributed by atoms with Crippen molar-refractivity contribution < 1.29 is 14.3 Å². The van der Waals surface area contributed by atoms with Gasteiger partial charge in [0.25, 0.3) is 0 Å². The van der Waals surface area contributed by atoms with Gasteiger partial charge in [-0.15, -0.1) is 0 Å². The third kappa shape index (κ3) is 3.12. The van der Waals surface area contributed by atoms with Crippen LogP contribution in [0.3, 0.4) is 0 Å². The first kappa shape index (κ1) is 13.5. The van der Waals surface area contributed by atoms with Crippen molar-refractivity contribution in [2.45, 2.75) is 19.9 Å². The quantitative estimate of drug-likeness (QED) is 0.843. The Hall–Kier alpha value is -1.88. The molecule has 1 aliphatic rings. The Morgan fingerprint density at radius 3 is 2.89 bits per heavy atom. The van der Waals surface area contributed by atoms with Gasteiger partial charge >= 0.3 is 0 Å². The molecule has 1 aromatic carbocycles. The van der Waals surface area contributed by atoms with Crippen LogP contribution in [0.25, 0.3) is 0 Å². The molecule has 2 amide bonds. The lowest BCUT2D eigenvalue weighted by Crippen LogP contribution is -2.38. The molecular weight excluding hydrogens is 244 g/mol. The summed E-state index contributed by atoms with van der Waals surface area (Å²) in [7, 11) is 0. The van der Waals surface area contributed by atoms with Crippen molar-refractivity contribution in [1.82, 2.24) is 5.32 Å². The highest BCUT2D eigenvalue weighted by Crippen LogP contribution is 2.27. The minimum absolute atomic E-state index is 0.0190. The monoisotopic (exact) mass is 262 g/mol. The van der Waals surface area contributed by atoms with Gasteiger partial charge in [0.2, 0.25) is 11.8 Å². The summed E-state index contributed by atoms with van der Waals surface area (Å²) in [6.07, 6.45) is 0.736. The zero-order valence-electron chi connectivity index (χ0n) is 10.9. The predicted molar refractivity (Wildman–Crippen MR) is 70.3 cm³/mol. The summed E-state index contributed by atoms with van der Waals surface area (Å²) in [6, 6.07) is 6.94. The number of carbonyl (C=O) groups is 2. The maximum absolute atomic E-state index is 12.1. The molecule has 1 unspecified atom stereocenters. The summed E-state index contributed by atoms with van der Waals surface area (Å²) in [5.74, 6) is -0.487. The first-order chi connectivity index (χ1) is 9.01. The molecule has 0 bridgehead atoms. The molecule has 102 valence electrons. The fraction of sp³-hybridized carbons (Fsp3) is 0.429. The van der Waals surface area contributed by atoms with E-state index in [-0.39, 0.29) is 5.91 Å². The summed E-state index contributed by atoms with van der Waals surface area (Å²) < 4.78 is 5.26. The van der Waals surface area contributed by atoms with E-state index >= 15 is 0 Å². The van der Waals surface area contributed by atoms with Gasteiger partial charge < -0.3 is 15.8 Å². The largest absolute Gasteiger partial charge is 0.380 e. The van der Waals surface area contributed by atoms with Gasteiger partial charge in [0.1, 0.15) is 0 Å². The Kier molecular flexibility index (Phi) is 3.85. The summed E-state index contributed by atoms with van der Waals surface area (Å²) in [5, 5.41) is 2.88. The van der Waals surface area contributed by atoms with Gasteiger partial charge in [0.05, 0.1) is 12.0 Å². The number of primary amides is 1. The molecule has 2 rings (SSSR count). The van der Waals surface area contributed by atoms with E-state index in [1.54, 1.807) is 18.2 Å². The molecule has 1 saturated heterocycles. The molecule has 0 spiro atoms. The SMILES string of the molecule is CC1(C(=O)NCc2cccc(C(N)=O)c2)CCOC1. The predicted octanol–water partition coefficient (Wildman–Crippen LogP) is 0.828. The van der Waals surface area contributed by atoms with Crippen LogP contribution in [0, 0.1) is 5.41 Å². The second-order valence-electron chi connectivity index (χ2n) is 5.11. The van der Waals surface area contributed by atoms with Gasteiger partial charge in [0, 0.05) is 18.7 Å². The topological polar surface area (TPSA) is 81.4 Å². The Morgan fingerprint density at radius 2 is 2.26 bits per heavy atom. The van der Waals surface area contributed by atoms with Crippen LogP contribution in [0.1, 0.15) is 29.3 Å². The number of nitrogens with two attached hydrogens (primary N) is 1. The van der Waals surface area contributed by atoms with E-state index in [1.807, 2.05) is 13.0 Å². The summed E-state index contributed by atoms with van der Waals surface area (Å²) in [5.41, 5.74) is 6.07. The van der Waals surface area contributed by atoms with E-state index in [9.17, 15) is 9.59 Å². The van der Waals surface area contributed by atoms with Gasteiger partial charge in [-0.25, -0.2) is 0 Å². The maximum Gasteiger partial charge on any atom is 0.248 e. The van der Waals surface area contributed by atoms with E-state index in [2.05, 4.69) is 5.32 Å². The van der Waals surface area contributed by atoms with Crippen LogP contribution in [0.2, 0.25) is 0 Å². The van der Waals surface area contributed by atoms with Crippen LogP contribution in [-0.4, -0.2) is 25.0 Å². The van der Waals surface area contributed by atoms with Crippen molar-refractivity contribution in [3.05, 3.63) is 35.4 Å².